The molecular formula is C14H20N2O3S. The molecule has 0 bridgehead atoms. The van der Waals surface area contributed by atoms with Crippen molar-refractivity contribution in [1.29, 1.82) is 0 Å². The maximum Gasteiger partial charge on any atom is 0.223 e. The number of amides is 1. The van der Waals surface area contributed by atoms with Crippen LogP contribution in [-0.2, 0) is 16.1 Å². The van der Waals surface area contributed by atoms with E-state index in [4.69, 9.17) is 4.74 Å². The predicted octanol–water partition coefficient (Wildman–Crippen LogP) is 0.492. The smallest absolute Gasteiger partial charge is 0.223 e. The van der Waals surface area contributed by atoms with Crippen LogP contribution in [0.5, 0.6) is 0 Å². The molecule has 6 heteroatoms. The van der Waals surface area contributed by atoms with Gasteiger partial charge < -0.3 is 20.5 Å². The summed E-state index contributed by atoms with van der Waals surface area (Å²) in [5, 5.41) is 18.4. The predicted molar refractivity (Wildman–Crippen MR) is 76.4 cm³/mol. The zero-order chi connectivity index (χ0) is 13.9. The summed E-state index contributed by atoms with van der Waals surface area (Å²) < 4.78 is 5.57. The minimum absolute atomic E-state index is 0.0695. The highest BCUT2D eigenvalue weighted by molar-refractivity contribution is 7.09. The molecule has 5 nitrogen and oxygen atoms in total. The Balaban J connectivity index is 1.41. The van der Waals surface area contributed by atoms with Gasteiger partial charge in [0.15, 0.2) is 0 Å². The summed E-state index contributed by atoms with van der Waals surface area (Å²) >= 11 is 1.69. The van der Waals surface area contributed by atoms with Gasteiger partial charge in [-0.25, -0.2) is 0 Å². The highest BCUT2D eigenvalue weighted by atomic mass is 32.1. The molecule has 2 heterocycles. The monoisotopic (exact) mass is 296 g/mol. The summed E-state index contributed by atoms with van der Waals surface area (Å²) in [6.07, 6.45) is 1.10. The quantitative estimate of drug-likeness (QED) is 0.714. The van der Waals surface area contributed by atoms with E-state index in [1.165, 1.54) is 4.88 Å². The second-order valence-corrected chi connectivity index (χ2v) is 6.48. The van der Waals surface area contributed by atoms with E-state index in [0.717, 1.165) is 19.4 Å². The van der Waals surface area contributed by atoms with Gasteiger partial charge in [-0.05, 0) is 24.3 Å². The van der Waals surface area contributed by atoms with Gasteiger partial charge in [-0.2, -0.15) is 0 Å². The molecule has 110 valence electrons. The lowest BCUT2D eigenvalue weighted by molar-refractivity contribution is -0.123. The lowest BCUT2D eigenvalue weighted by Crippen LogP contribution is -2.44. The molecule has 0 spiro atoms. The molecule has 1 saturated heterocycles. The number of rotatable bonds is 6. The second-order valence-electron chi connectivity index (χ2n) is 5.45. The van der Waals surface area contributed by atoms with Crippen molar-refractivity contribution >= 4 is 17.2 Å². The molecule has 1 aliphatic heterocycles. The molecule has 1 aromatic rings. The van der Waals surface area contributed by atoms with Crippen LogP contribution in [0.1, 0.15) is 17.7 Å². The summed E-state index contributed by atoms with van der Waals surface area (Å²) in [4.78, 5) is 12.8. The van der Waals surface area contributed by atoms with Gasteiger partial charge in [0, 0.05) is 23.9 Å². The largest absolute Gasteiger partial charge is 0.389 e. The van der Waals surface area contributed by atoms with Crippen molar-refractivity contribution in [1.82, 2.24) is 10.6 Å². The van der Waals surface area contributed by atoms with Crippen molar-refractivity contribution in [3.8, 4) is 0 Å². The van der Waals surface area contributed by atoms with E-state index in [2.05, 4.69) is 16.7 Å². The van der Waals surface area contributed by atoms with Gasteiger partial charge in [-0.15, -0.1) is 11.3 Å². The summed E-state index contributed by atoms with van der Waals surface area (Å²) in [6, 6.07) is 4.01. The van der Waals surface area contributed by atoms with Gasteiger partial charge in [-0.3, -0.25) is 4.79 Å². The SMILES string of the molecule is O=C(NCC1OCC(NCc2cccs2)C1O)C1CC1. The van der Waals surface area contributed by atoms with E-state index in [1.54, 1.807) is 11.3 Å². The standard InChI is InChI=1S/C14H20N2O3S/c17-13-11(15-6-10-2-1-5-20-10)8-19-12(13)7-16-14(18)9-3-4-9/h1-2,5,9,11-13,15,17H,3-4,6-8H2,(H,16,18). The van der Waals surface area contributed by atoms with E-state index in [9.17, 15) is 9.90 Å². The first-order chi connectivity index (χ1) is 9.74. The molecule has 0 aromatic carbocycles. The third-order valence-corrected chi connectivity index (χ3v) is 4.70. The lowest BCUT2D eigenvalue weighted by Gasteiger charge is -2.18. The Morgan fingerprint density at radius 3 is 3.05 bits per heavy atom. The molecule has 1 saturated carbocycles. The van der Waals surface area contributed by atoms with E-state index >= 15 is 0 Å². The first-order valence-corrected chi connectivity index (χ1v) is 7.95. The summed E-state index contributed by atoms with van der Waals surface area (Å²) in [5.74, 6) is 0.289. The third-order valence-electron chi connectivity index (χ3n) is 3.83. The van der Waals surface area contributed by atoms with Gasteiger partial charge in [0.25, 0.3) is 0 Å². The highest BCUT2D eigenvalue weighted by Gasteiger charge is 2.37. The van der Waals surface area contributed by atoms with Gasteiger partial charge >= 0.3 is 0 Å². The van der Waals surface area contributed by atoms with E-state index < -0.39 is 6.10 Å². The van der Waals surface area contributed by atoms with Crippen LogP contribution in [0.25, 0.3) is 0 Å². The number of thiophene rings is 1. The van der Waals surface area contributed by atoms with E-state index in [0.29, 0.717) is 13.2 Å². The molecule has 3 N–H and O–H groups in total. The number of carbonyl (C=O) groups is 1. The average Bonchev–Trinajstić information content (AvgIpc) is 3.07. The minimum atomic E-state index is -0.575. The normalized spacial score (nSPS) is 29.6. The summed E-state index contributed by atoms with van der Waals surface area (Å²) in [7, 11) is 0. The zero-order valence-corrected chi connectivity index (χ0v) is 12.1. The molecular weight excluding hydrogens is 276 g/mol. The molecule has 0 radical (unpaired) electrons. The molecule has 1 aliphatic carbocycles. The highest BCUT2D eigenvalue weighted by Crippen LogP contribution is 2.28. The maximum atomic E-state index is 11.6. The number of carbonyl (C=O) groups excluding carboxylic acids is 1. The number of hydrogen-bond donors (Lipinski definition) is 3. The average molecular weight is 296 g/mol. The number of hydrogen-bond acceptors (Lipinski definition) is 5. The van der Waals surface area contributed by atoms with Gasteiger partial charge in [0.1, 0.15) is 6.10 Å². The van der Waals surface area contributed by atoms with Crippen molar-refractivity contribution < 1.29 is 14.6 Å². The Morgan fingerprint density at radius 2 is 2.35 bits per heavy atom. The molecule has 2 fully saturated rings. The van der Waals surface area contributed by atoms with Crippen molar-refractivity contribution in [2.75, 3.05) is 13.2 Å². The van der Waals surface area contributed by atoms with Gasteiger partial charge in [0.05, 0.1) is 18.8 Å². The zero-order valence-electron chi connectivity index (χ0n) is 11.2. The fourth-order valence-electron chi connectivity index (χ4n) is 2.38. The van der Waals surface area contributed by atoms with Crippen molar-refractivity contribution in [3.63, 3.8) is 0 Å². The molecule has 20 heavy (non-hydrogen) atoms. The molecule has 1 amide bonds. The van der Waals surface area contributed by atoms with Crippen LogP contribution >= 0.6 is 11.3 Å². The molecule has 3 atom stereocenters. The van der Waals surface area contributed by atoms with E-state index in [-0.39, 0.29) is 24.0 Å². The molecule has 3 rings (SSSR count). The second kappa shape index (κ2) is 6.22. The number of aliphatic hydroxyl groups excluding tert-OH is 1. The fraction of sp³-hybridized carbons (Fsp3) is 0.643. The molecule has 3 unspecified atom stereocenters. The lowest BCUT2D eigenvalue weighted by atomic mass is 10.1. The Labute approximate surface area is 122 Å². The Bertz CT molecular complexity index is 447. The Kier molecular flexibility index (Phi) is 4.35. The van der Waals surface area contributed by atoms with Crippen molar-refractivity contribution in [2.45, 2.75) is 37.6 Å². The third kappa shape index (κ3) is 3.38. The van der Waals surface area contributed by atoms with Crippen LogP contribution in [0.15, 0.2) is 17.5 Å². The first kappa shape index (κ1) is 14.0. The molecule has 1 aromatic heterocycles. The van der Waals surface area contributed by atoms with Crippen LogP contribution in [0.2, 0.25) is 0 Å². The van der Waals surface area contributed by atoms with Gasteiger partial charge in [-0.1, -0.05) is 6.07 Å². The van der Waals surface area contributed by atoms with Crippen LogP contribution < -0.4 is 10.6 Å². The minimum Gasteiger partial charge on any atom is -0.389 e. The van der Waals surface area contributed by atoms with Crippen molar-refractivity contribution in [3.05, 3.63) is 22.4 Å². The van der Waals surface area contributed by atoms with E-state index in [1.807, 2.05) is 11.4 Å². The number of ether oxygens (including phenoxy) is 1. The summed E-state index contributed by atoms with van der Waals surface area (Å²) in [5.41, 5.74) is 0. The number of nitrogens with one attached hydrogen (secondary N) is 2. The number of aliphatic hydroxyl groups is 1. The van der Waals surface area contributed by atoms with Crippen molar-refractivity contribution in [2.24, 2.45) is 5.92 Å². The molecule has 2 aliphatic rings. The van der Waals surface area contributed by atoms with Crippen LogP contribution in [0.4, 0.5) is 0 Å². The Morgan fingerprint density at radius 1 is 1.50 bits per heavy atom. The first-order valence-electron chi connectivity index (χ1n) is 7.07. The van der Waals surface area contributed by atoms with Crippen LogP contribution in [0.3, 0.4) is 0 Å². The topological polar surface area (TPSA) is 70.6 Å². The Hall–Kier alpha value is -0.950. The van der Waals surface area contributed by atoms with Crippen LogP contribution in [0, 0.1) is 5.92 Å². The van der Waals surface area contributed by atoms with Crippen LogP contribution in [-0.4, -0.2) is 42.4 Å². The maximum absolute atomic E-state index is 11.6. The van der Waals surface area contributed by atoms with Gasteiger partial charge in [0.2, 0.25) is 5.91 Å². The fourth-order valence-corrected chi connectivity index (χ4v) is 3.03. The summed E-state index contributed by atoms with van der Waals surface area (Å²) in [6.45, 7) is 1.62.